The third-order valence-electron chi connectivity index (χ3n) is 8.79. The van der Waals surface area contributed by atoms with Crippen molar-refractivity contribution >= 4 is 18.0 Å². The molecule has 2 aliphatic heterocycles. The molecule has 9 heteroatoms. The SMILES string of the molecule is CCN(c1cc(-c2ccc(CN3CCOCC3)cc2)cc(C(=O)NC/C(C)=C(C)/C(F)=C(/C)NC=O)c1C)C1CCOCC1. The summed E-state index contributed by atoms with van der Waals surface area (Å²) in [7, 11) is 0. The van der Waals surface area contributed by atoms with Crippen LogP contribution in [0.15, 0.2) is 59.1 Å². The standard InChI is InChI=1S/C35H47FN4O4/c1-6-40(31-11-15-43-16-12-31)33-20-30(29-9-7-28(8-10-29)22-39-13-17-44-18-14-39)19-32(26(33)4)35(42)37-21-24(2)25(3)34(36)27(5)38-23-41/h7-10,19-20,23,31H,6,11-18,21-22H2,1-5H3,(H,37,42)(H,38,41)/b25-24+,34-27+. The Labute approximate surface area is 261 Å². The Morgan fingerprint density at radius 2 is 1.68 bits per heavy atom. The van der Waals surface area contributed by atoms with Gasteiger partial charge in [0.1, 0.15) is 5.83 Å². The lowest BCUT2D eigenvalue weighted by Crippen LogP contribution is -2.40. The molecule has 2 heterocycles. The highest BCUT2D eigenvalue weighted by molar-refractivity contribution is 5.99. The minimum absolute atomic E-state index is 0.139. The number of amides is 2. The van der Waals surface area contributed by atoms with E-state index in [1.54, 1.807) is 13.8 Å². The zero-order valence-electron chi connectivity index (χ0n) is 26.8. The molecule has 2 N–H and O–H groups in total. The Bertz CT molecular complexity index is 1360. The number of nitrogens with zero attached hydrogens (tertiary/aromatic N) is 2. The van der Waals surface area contributed by atoms with Gasteiger partial charge in [-0.15, -0.1) is 0 Å². The third kappa shape index (κ3) is 8.34. The van der Waals surface area contributed by atoms with E-state index < -0.39 is 5.83 Å². The summed E-state index contributed by atoms with van der Waals surface area (Å²) in [6, 6.07) is 13.1. The maximum absolute atomic E-state index is 14.8. The second-order valence-electron chi connectivity index (χ2n) is 11.7. The molecule has 0 bridgehead atoms. The fraction of sp³-hybridized carbons (Fsp3) is 0.486. The van der Waals surface area contributed by atoms with Gasteiger partial charge in [-0.3, -0.25) is 14.5 Å². The molecule has 0 aromatic heterocycles. The van der Waals surface area contributed by atoms with Gasteiger partial charge in [0.2, 0.25) is 6.41 Å². The normalized spacial score (nSPS) is 17.4. The first kappa shape index (κ1) is 33.4. The Kier molecular flexibility index (Phi) is 12.1. The summed E-state index contributed by atoms with van der Waals surface area (Å²) in [4.78, 5) is 29.3. The molecule has 2 amide bonds. The van der Waals surface area contributed by atoms with Gasteiger partial charge in [0.05, 0.1) is 18.9 Å². The molecule has 2 saturated heterocycles. The van der Waals surface area contributed by atoms with E-state index in [4.69, 9.17) is 9.47 Å². The van der Waals surface area contributed by atoms with Crippen molar-refractivity contribution in [3.63, 3.8) is 0 Å². The second kappa shape index (κ2) is 16.0. The Hall–Kier alpha value is -3.53. The van der Waals surface area contributed by atoms with Crippen molar-refractivity contribution in [1.82, 2.24) is 15.5 Å². The number of rotatable bonds is 12. The van der Waals surface area contributed by atoms with Crippen LogP contribution in [-0.4, -0.2) is 75.9 Å². The van der Waals surface area contributed by atoms with E-state index in [0.29, 0.717) is 29.2 Å². The van der Waals surface area contributed by atoms with Crippen LogP contribution in [0.5, 0.6) is 0 Å². The maximum Gasteiger partial charge on any atom is 0.251 e. The van der Waals surface area contributed by atoms with Gasteiger partial charge >= 0.3 is 0 Å². The maximum atomic E-state index is 14.8. The van der Waals surface area contributed by atoms with Gasteiger partial charge < -0.3 is 25.0 Å². The fourth-order valence-electron chi connectivity index (χ4n) is 5.90. The second-order valence-corrected chi connectivity index (χ2v) is 11.7. The van der Waals surface area contributed by atoms with E-state index in [1.807, 2.05) is 13.0 Å². The smallest absolute Gasteiger partial charge is 0.251 e. The predicted octanol–water partition coefficient (Wildman–Crippen LogP) is 5.51. The lowest BCUT2D eigenvalue weighted by molar-refractivity contribution is -0.108. The molecular weight excluding hydrogens is 559 g/mol. The summed E-state index contributed by atoms with van der Waals surface area (Å²) in [5.41, 5.74) is 7.03. The van der Waals surface area contributed by atoms with Gasteiger partial charge in [-0.25, -0.2) is 4.39 Å². The van der Waals surface area contributed by atoms with Gasteiger partial charge in [0.15, 0.2) is 0 Å². The largest absolute Gasteiger partial charge is 0.381 e. The van der Waals surface area contributed by atoms with E-state index in [-0.39, 0.29) is 18.1 Å². The lowest BCUT2D eigenvalue weighted by Gasteiger charge is -2.37. The van der Waals surface area contributed by atoms with Crippen LogP contribution in [0, 0.1) is 6.92 Å². The number of carbonyl (C=O) groups is 2. The van der Waals surface area contributed by atoms with Gasteiger partial charge in [-0.2, -0.15) is 0 Å². The van der Waals surface area contributed by atoms with Gasteiger partial charge in [-0.1, -0.05) is 24.3 Å². The summed E-state index contributed by atoms with van der Waals surface area (Å²) in [6.45, 7) is 15.8. The molecular formula is C35H47FN4O4. The Balaban J connectivity index is 1.65. The summed E-state index contributed by atoms with van der Waals surface area (Å²) < 4.78 is 25.9. The highest BCUT2D eigenvalue weighted by Crippen LogP contribution is 2.34. The molecule has 2 aromatic rings. The summed E-state index contributed by atoms with van der Waals surface area (Å²) in [5.74, 6) is -0.715. The van der Waals surface area contributed by atoms with E-state index >= 15 is 0 Å². The van der Waals surface area contributed by atoms with Crippen LogP contribution in [0.1, 0.15) is 62.0 Å². The molecule has 2 aromatic carbocycles. The Morgan fingerprint density at radius 1 is 1.02 bits per heavy atom. The molecule has 0 spiro atoms. The number of benzene rings is 2. The van der Waals surface area contributed by atoms with Crippen molar-refractivity contribution in [2.75, 3.05) is 57.5 Å². The Morgan fingerprint density at radius 3 is 2.32 bits per heavy atom. The molecule has 238 valence electrons. The molecule has 0 unspecified atom stereocenters. The molecule has 2 fully saturated rings. The van der Waals surface area contributed by atoms with E-state index in [9.17, 15) is 14.0 Å². The molecule has 0 aliphatic carbocycles. The van der Waals surface area contributed by atoms with E-state index in [1.165, 1.54) is 12.5 Å². The number of ether oxygens (including phenoxy) is 2. The number of nitrogens with one attached hydrogen (secondary N) is 2. The zero-order valence-corrected chi connectivity index (χ0v) is 26.8. The van der Waals surface area contributed by atoms with Crippen molar-refractivity contribution in [2.45, 2.75) is 60.0 Å². The summed E-state index contributed by atoms with van der Waals surface area (Å²) in [6.07, 6.45) is 2.33. The summed E-state index contributed by atoms with van der Waals surface area (Å²) in [5, 5.41) is 5.37. The number of halogens is 1. The topological polar surface area (TPSA) is 83.1 Å². The number of anilines is 1. The number of carbonyl (C=O) groups excluding carboxylic acids is 2. The first-order chi connectivity index (χ1) is 21.2. The molecule has 0 saturated carbocycles. The van der Waals surface area contributed by atoms with Crippen LogP contribution in [-0.2, 0) is 20.8 Å². The fourth-order valence-corrected chi connectivity index (χ4v) is 5.90. The molecule has 44 heavy (non-hydrogen) atoms. The predicted molar refractivity (Wildman–Crippen MR) is 173 cm³/mol. The van der Waals surface area contributed by atoms with Gasteiger partial charge in [0.25, 0.3) is 5.91 Å². The number of allylic oxidation sites excluding steroid dienone is 3. The number of hydrogen-bond donors (Lipinski definition) is 2. The van der Waals surface area contributed by atoms with Crippen LogP contribution in [0.2, 0.25) is 0 Å². The quantitative estimate of drug-likeness (QED) is 0.245. The van der Waals surface area contributed by atoms with E-state index in [2.05, 4.69) is 57.7 Å². The van der Waals surface area contributed by atoms with Crippen LogP contribution < -0.4 is 15.5 Å². The van der Waals surface area contributed by atoms with Gasteiger partial charge in [0, 0.05) is 63.2 Å². The van der Waals surface area contributed by atoms with Crippen molar-refractivity contribution in [1.29, 1.82) is 0 Å². The monoisotopic (exact) mass is 606 g/mol. The highest BCUT2D eigenvalue weighted by Gasteiger charge is 2.25. The zero-order chi connectivity index (χ0) is 31.6. The third-order valence-corrected chi connectivity index (χ3v) is 8.79. The van der Waals surface area contributed by atoms with Crippen molar-refractivity contribution in [3.05, 3.63) is 75.8 Å². The number of morpholine rings is 1. The lowest BCUT2D eigenvalue weighted by atomic mass is 9.94. The molecule has 4 rings (SSSR count). The van der Waals surface area contributed by atoms with Crippen molar-refractivity contribution in [3.8, 4) is 11.1 Å². The average Bonchev–Trinajstić information content (AvgIpc) is 3.05. The van der Waals surface area contributed by atoms with E-state index in [0.717, 1.165) is 87.8 Å². The molecule has 0 radical (unpaired) electrons. The van der Waals surface area contributed by atoms with Crippen LogP contribution >= 0.6 is 0 Å². The molecule has 2 aliphatic rings. The summed E-state index contributed by atoms with van der Waals surface area (Å²) >= 11 is 0. The molecule has 8 nitrogen and oxygen atoms in total. The van der Waals surface area contributed by atoms with Crippen LogP contribution in [0.3, 0.4) is 0 Å². The number of hydrogen-bond acceptors (Lipinski definition) is 6. The minimum Gasteiger partial charge on any atom is -0.381 e. The van der Waals surface area contributed by atoms with Crippen LogP contribution in [0.25, 0.3) is 11.1 Å². The highest BCUT2D eigenvalue weighted by atomic mass is 19.1. The average molecular weight is 607 g/mol. The van der Waals surface area contributed by atoms with Crippen LogP contribution in [0.4, 0.5) is 10.1 Å². The van der Waals surface area contributed by atoms with Crippen molar-refractivity contribution in [2.24, 2.45) is 0 Å². The molecule has 0 atom stereocenters. The first-order valence-corrected chi connectivity index (χ1v) is 15.6. The van der Waals surface area contributed by atoms with Crippen molar-refractivity contribution < 1.29 is 23.5 Å². The van der Waals surface area contributed by atoms with Gasteiger partial charge in [-0.05, 0) is 93.0 Å². The first-order valence-electron chi connectivity index (χ1n) is 15.6. The minimum atomic E-state index is -0.503.